The van der Waals surface area contributed by atoms with Crippen LogP contribution in [0.4, 0.5) is 4.79 Å². The van der Waals surface area contributed by atoms with Gasteiger partial charge in [0, 0.05) is 50.2 Å². The number of methoxy groups -OCH3 is 1. The van der Waals surface area contributed by atoms with Crippen LogP contribution in [0.2, 0.25) is 0 Å². The van der Waals surface area contributed by atoms with Crippen molar-refractivity contribution < 1.29 is 33.3 Å². The van der Waals surface area contributed by atoms with Crippen LogP contribution in [0.5, 0.6) is 11.5 Å². The molecule has 1 saturated heterocycles. The van der Waals surface area contributed by atoms with Gasteiger partial charge >= 0.3 is 12.1 Å². The number of likely N-dealkylation sites (tertiary alicyclic amines) is 1. The molecule has 3 aromatic carbocycles. The highest BCUT2D eigenvalue weighted by molar-refractivity contribution is 6.00. The van der Waals surface area contributed by atoms with E-state index in [-0.39, 0.29) is 25.6 Å². The van der Waals surface area contributed by atoms with E-state index in [2.05, 4.69) is 22.0 Å². The molecule has 6 aromatic rings. The lowest BCUT2D eigenvalue weighted by molar-refractivity contribution is -0.144. The number of hydrogen-bond acceptors (Lipinski definition) is 10. The monoisotopic (exact) mass is 742 g/mol. The lowest BCUT2D eigenvalue weighted by atomic mass is 10.0. The fourth-order valence-corrected chi connectivity index (χ4v) is 7.20. The molecule has 1 aliphatic carbocycles. The summed E-state index contributed by atoms with van der Waals surface area (Å²) < 4.78 is 26.7. The van der Waals surface area contributed by atoms with Crippen molar-refractivity contribution in [1.82, 2.24) is 29.3 Å². The van der Waals surface area contributed by atoms with Crippen LogP contribution in [-0.4, -0.2) is 80.9 Å². The third-order valence-electron chi connectivity index (χ3n) is 10.2. The SMILES string of the molecule is COc1cc(C(=O)N2CC[C@@H](OC(=O)Oc3ccccc3)[C@@H](NCC(=O)OCc3ccccc3)C2)cc2nc(-c3cc4cccnc4n3CC3CC3)n(C)c12. The van der Waals surface area contributed by atoms with Crippen LogP contribution in [0, 0.1) is 5.92 Å². The number of imidazole rings is 1. The van der Waals surface area contributed by atoms with Gasteiger partial charge in [-0.2, -0.15) is 0 Å². The molecule has 2 atom stereocenters. The molecule has 1 N–H and O–H groups in total. The summed E-state index contributed by atoms with van der Waals surface area (Å²) in [5, 5.41) is 4.22. The number of para-hydroxylation sites is 1. The third kappa shape index (κ3) is 7.88. The minimum Gasteiger partial charge on any atom is -0.494 e. The van der Waals surface area contributed by atoms with Crippen molar-refractivity contribution in [3.05, 3.63) is 108 Å². The number of hydrogen-bond donors (Lipinski definition) is 1. The normalized spacial score (nSPS) is 16.9. The predicted molar refractivity (Wildman–Crippen MR) is 205 cm³/mol. The van der Waals surface area contributed by atoms with Gasteiger partial charge in [0.05, 0.1) is 30.9 Å². The van der Waals surface area contributed by atoms with Gasteiger partial charge in [-0.05, 0) is 66.8 Å². The molecule has 4 heterocycles. The summed E-state index contributed by atoms with van der Waals surface area (Å²) in [7, 11) is 3.54. The highest BCUT2D eigenvalue weighted by Crippen LogP contribution is 2.37. The first-order valence-electron chi connectivity index (χ1n) is 18.5. The number of rotatable bonds is 12. The first-order chi connectivity index (χ1) is 26.8. The number of nitrogens with zero attached hydrogens (tertiary/aromatic N) is 5. The summed E-state index contributed by atoms with van der Waals surface area (Å²) in [4.78, 5) is 51.3. The second-order valence-electron chi connectivity index (χ2n) is 14.0. The number of nitrogens with one attached hydrogen (secondary N) is 1. The molecule has 2 fully saturated rings. The van der Waals surface area contributed by atoms with E-state index in [1.807, 2.05) is 60.3 Å². The van der Waals surface area contributed by atoms with E-state index in [4.69, 9.17) is 28.9 Å². The van der Waals surface area contributed by atoms with Gasteiger partial charge in [-0.1, -0.05) is 48.5 Å². The molecule has 3 aromatic heterocycles. The first-order valence-corrected chi connectivity index (χ1v) is 18.5. The molecule has 13 heteroatoms. The second-order valence-corrected chi connectivity index (χ2v) is 14.0. The van der Waals surface area contributed by atoms with Gasteiger partial charge in [0.25, 0.3) is 5.91 Å². The molecule has 13 nitrogen and oxygen atoms in total. The molecular formula is C42H42N6O7. The van der Waals surface area contributed by atoms with E-state index in [9.17, 15) is 14.4 Å². The number of aromatic nitrogens is 4. The van der Waals surface area contributed by atoms with E-state index >= 15 is 0 Å². The molecule has 0 radical (unpaired) electrons. The van der Waals surface area contributed by atoms with Crippen molar-refractivity contribution in [2.75, 3.05) is 26.7 Å². The lowest BCUT2D eigenvalue weighted by Gasteiger charge is -2.38. The van der Waals surface area contributed by atoms with Crippen molar-refractivity contribution >= 4 is 40.1 Å². The summed E-state index contributed by atoms with van der Waals surface area (Å²) in [6.07, 6.45) is 2.96. The standard InChI is InChI=1S/C42H42N6O7/c1-46-38-32(45-40(46)34-21-29-12-9-18-43-39(29)48(34)24-27-15-16-27)20-30(22-36(38)52-2)41(50)47-19-17-35(55-42(51)54-31-13-7-4-8-14-31)33(25-47)44-23-37(49)53-26-28-10-5-3-6-11-28/h3-14,18,20-22,27,33,35,44H,15-17,19,23-26H2,1-2H3/t33-,35+/m0/s1. The van der Waals surface area contributed by atoms with Crippen LogP contribution in [0.1, 0.15) is 35.2 Å². The van der Waals surface area contributed by atoms with Crippen molar-refractivity contribution in [1.29, 1.82) is 0 Å². The summed E-state index contributed by atoms with van der Waals surface area (Å²) in [5.41, 5.74) is 4.53. The van der Waals surface area contributed by atoms with Crippen molar-refractivity contribution in [3.63, 3.8) is 0 Å². The molecule has 0 bridgehead atoms. The number of amides is 1. The van der Waals surface area contributed by atoms with E-state index in [1.54, 1.807) is 48.4 Å². The van der Waals surface area contributed by atoms with Gasteiger partial charge in [0.2, 0.25) is 0 Å². The number of ether oxygens (including phenoxy) is 4. The zero-order valence-corrected chi connectivity index (χ0v) is 30.7. The van der Waals surface area contributed by atoms with Gasteiger partial charge < -0.3 is 33.0 Å². The van der Waals surface area contributed by atoms with Gasteiger partial charge in [0.1, 0.15) is 35.4 Å². The number of fused-ring (bicyclic) bond motifs is 2. The van der Waals surface area contributed by atoms with Crippen LogP contribution < -0.4 is 14.8 Å². The van der Waals surface area contributed by atoms with E-state index in [0.717, 1.165) is 40.2 Å². The van der Waals surface area contributed by atoms with Crippen LogP contribution >= 0.6 is 0 Å². The molecule has 282 valence electrons. The lowest BCUT2D eigenvalue weighted by Crippen LogP contribution is -2.57. The minimum atomic E-state index is -0.873. The van der Waals surface area contributed by atoms with Gasteiger partial charge in [0.15, 0.2) is 5.82 Å². The fourth-order valence-electron chi connectivity index (χ4n) is 7.20. The van der Waals surface area contributed by atoms with E-state index in [0.29, 0.717) is 41.5 Å². The Morgan fingerprint density at radius 2 is 1.71 bits per heavy atom. The van der Waals surface area contributed by atoms with Crippen molar-refractivity contribution in [2.24, 2.45) is 13.0 Å². The van der Waals surface area contributed by atoms with Gasteiger partial charge in [-0.15, -0.1) is 0 Å². The Bertz CT molecular complexity index is 2340. The van der Waals surface area contributed by atoms with Crippen molar-refractivity contribution in [2.45, 2.75) is 44.6 Å². The van der Waals surface area contributed by atoms with E-state index < -0.39 is 24.3 Å². The summed E-state index contributed by atoms with van der Waals surface area (Å²) >= 11 is 0. The zero-order chi connectivity index (χ0) is 37.9. The van der Waals surface area contributed by atoms with Gasteiger partial charge in [-0.25, -0.2) is 14.8 Å². The number of benzene rings is 3. The Kier molecular flexibility index (Phi) is 10.2. The molecule has 0 spiro atoms. The molecule has 8 rings (SSSR count). The summed E-state index contributed by atoms with van der Waals surface area (Å²) in [6.45, 7) is 1.27. The maximum Gasteiger partial charge on any atom is 0.514 e. The highest BCUT2D eigenvalue weighted by atomic mass is 16.7. The first kappa shape index (κ1) is 35.8. The quantitative estimate of drug-likeness (QED) is 0.115. The zero-order valence-electron chi connectivity index (χ0n) is 30.7. The summed E-state index contributed by atoms with van der Waals surface area (Å²) in [6, 6.07) is 27.1. The fraction of sp³-hybridized carbons (Fsp3) is 0.310. The molecule has 0 unspecified atom stereocenters. The van der Waals surface area contributed by atoms with Gasteiger partial charge in [-0.3, -0.25) is 14.9 Å². The largest absolute Gasteiger partial charge is 0.514 e. The molecule has 2 aliphatic rings. The second kappa shape index (κ2) is 15.6. The highest BCUT2D eigenvalue weighted by Gasteiger charge is 2.36. The number of pyridine rings is 1. The average molecular weight is 743 g/mol. The molecule has 1 amide bonds. The molecule has 1 saturated carbocycles. The van der Waals surface area contributed by atoms with Crippen molar-refractivity contribution in [3.8, 4) is 23.0 Å². The average Bonchev–Trinajstić information content (AvgIpc) is 3.88. The van der Waals surface area contributed by atoms with Crippen LogP contribution in [0.25, 0.3) is 33.6 Å². The number of carbonyl (C=O) groups is 3. The van der Waals surface area contributed by atoms with Crippen LogP contribution in [0.15, 0.2) is 97.2 Å². The number of esters is 1. The van der Waals surface area contributed by atoms with E-state index in [1.165, 1.54) is 12.8 Å². The van der Waals surface area contributed by atoms with Crippen LogP contribution in [0.3, 0.4) is 0 Å². The Labute approximate surface area is 317 Å². The Morgan fingerprint density at radius 1 is 0.927 bits per heavy atom. The summed E-state index contributed by atoms with van der Waals surface area (Å²) in [5.74, 6) is 1.50. The topological polar surface area (TPSA) is 139 Å². The Morgan fingerprint density at radius 3 is 2.47 bits per heavy atom. The minimum absolute atomic E-state index is 0.124. The van der Waals surface area contributed by atoms with Crippen LogP contribution in [-0.2, 0) is 34.5 Å². The maximum atomic E-state index is 14.3. The Hall–Kier alpha value is -6.21. The third-order valence-corrected chi connectivity index (χ3v) is 10.2. The molecule has 55 heavy (non-hydrogen) atoms. The number of aryl methyl sites for hydroxylation is 1. The molecular weight excluding hydrogens is 700 g/mol. The maximum absolute atomic E-state index is 14.3. The number of carbonyl (C=O) groups excluding carboxylic acids is 3. The smallest absolute Gasteiger partial charge is 0.494 e. The number of piperidine rings is 1. The predicted octanol–water partition coefficient (Wildman–Crippen LogP) is 6.14. The molecule has 1 aliphatic heterocycles. The Balaban J connectivity index is 1.03.